The average molecular weight is 516 g/mol. The molecule has 36 heavy (non-hydrogen) atoms. The van der Waals surface area contributed by atoms with E-state index in [0.29, 0.717) is 12.8 Å². The number of unbranched alkanes of at least 4 members (excludes halogenated alkanes) is 1. The van der Waals surface area contributed by atoms with E-state index in [0.717, 1.165) is 5.56 Å². The molecule has 2 atom stereocenters. The maximum absolute atomic E-state index is 13.8. The number of ether oxygens (including phenoxy) is 1. The third-order valence-corrected chi connectivity index (χ3v) is 5.12. The van der Waals surface area contributed by atoms with Gasteiger partial charge in [-0.25, -0.2) is 26.7 Å². The lowest BCUT2D eigenvalue weighted by molar-refractivity contribution is -0.128. The first-order chi connectivity index (χ1) is 17.0. The molecule has 0 aromatic heterocycles. The summed E-state index contributed by atoms with van der Waals surface area (Å²) in [5.74, 6) is -12.9. The predicted octanol–water partition coefficient (Wildman–Crippen LogP) is 2.32. The lowest BCUT2D eigenvalue weighted by Crippen LogP contribution is -2.51. The number of hydrogen-bond donors (Lipinski definition) is 4. The summed E-state index contributed by atoms with van der Waals surface area (Å²) in [6.45, 7) is 0.292. The van der Waals surface area contributed by atoms with E-state index >= 15 is 0 Å². The molecule has 0 heterocycles. The monoisotopic (exact) mass is 516 g/mol. The summed E-state index contributed by atoms with van der Waals surface area (Å²) in [6.07, 6.45) is -0.913. The van der Waals surface area contributed by atoms with E-state index < -0.39 is 71.1 Å². The summed E-state index contributed by atoms with van der Waals surface area (Å²) in [7, 11) is 0. The molecular weight excluding hydrogens is 491 g/mol. The molecule has 196 valence electrons. The highest BCUT2D eigenvalue weighted by Crippen LogP contribution is 2.24. The van der Waals surface area contributed by atoms with Crippen molar-refractivity contribution in [2.24, 2.45) is 11.5 Å². The summed E-state index contributed by atoms with van der Waals surface area (Å²) in [5.41, 5.74) is 10.4. The molecule has 0 unspecified atom stereocenters. The SMILES string of the molecule is NC(=O)[C@H](CCCCNC(=O)OCc1ccccc1)NC(=O)[C@@H](N)Cc1c(F)c(F)c(F)c(F)c1F. The van der Waals surface area contributed by atoms with Crippen LogP contribution in [0.2, 0.25) is 0 Å². The normalized spacial score (nSPS) is 12.5. The van der Waals surface area contributed by atoms with E-state index in [1.165, 1.54) is 0 Å². The molecule has 2 aromatic rings. The van der Waals surface area contributed by atoms with Gasteiger partial charge in [-0.05, 0) is 24.8 Å². The number of benzene rings is 2. The van der Waals surface area contributed by atoms with Crippen molar-refractivity contribution in [1.29, 1.82) is 0 Å². The number of rotatable bonds is 12. The number of amides is 3. The Morgan fingerprint density at radius 2 is 1.47 bits per heavy atom. The zero-order valence-electron chi connectivity index (χ0n) is 19.0. The molecule has 8 nitrogen and oxygen atoms in total. The zero-order valence-corrected chi connectivity index (χ0v) is 19.0. The summed E-state index contributed by atoms with van der Waals surface area (Å²) < 4.78 is 72.5. The first kappa shape index (κ1) is 28.5. The van der Waals surface area contributed by atoms with Gasteiger partial charge >= 0.3 is 6.09 Å². The molecule has 0 spiro atoms. The average Bonchev–Trinajstić information content (AvgIpc) is 2.86. The predicted molar refractivity (Wildman–Crippen MR) is 118 cm³/mol. The molecular formula is C23H25F5N4O4. The van der Waals surface area contributed by atoms with Crippen molar-refractivity contribution in [3.05, 3.63) is 70.5 Å². The molecule has 0 aliphatic heterocycles. The molecule has 0 bridgehead atoms. The number of halogens is 5. The van der Waals surface area contributed by atoms with Gasteiger partial charge in [-0.15, -0.1) is 0 Å². The van der Waals surface area contributed by atoms with Gasteiger partial charge in [0.2, 0.25) is 17.6 Å². The van der Waals surface area contributed by atoms with Gasteiger partial charge in [-0.3, -0.25) is 9.59 Å². The van der Waals surface area contributed by atoms with Crippen molar-refractivity contribution < 1.29 is 41.1 Å². The van der Waals surface area contributed by atoms with Crippen LogP contribution in [-0.4, -0.2) is 36.5 Å². The Bertz CT molecular complexity index is 1060. The Kier molecular flexibility index (Phi) is 10.6. The van der Waals surface area contributed by atoms with Crippen LogP contribution in [0, 0.1) is 29.1 Å². The smallest absolute Gasteiger partial charge is 0.407 e. The number of alkyl carbamates (subject to hydrolysis) is 1. The summed E-state index contributed by atoms with van der Waals surface area (Å²) >= 11 is 0. The highest BCUT2D eigenvalue weighted by Gasteiger charge is 2.29. The molecule has 3 amide bonds. The van der Waals surface area contributed by atoms with Crippen LogP contribution in [0.3, 0.4) is 0 Å². The Balaban J connectivity index is 1.79. The first-order valence-corrected chi connectivity index (χ1v) is 10.8. The molecule has 13 heteroatoms. The van der Waals surface area contributed by atoms with Crippen LogP contribution in [-0.2, 0) is 27.4 Å². The molecule has 2 aromatic carbocycles. The van der Waals surface area contributed by atoms with E-state index in [1.807, 2.05) is 6.07 Å². The second-order valence-electron chi connectivity index (χ2n) is 7.81. The molecule has 0 saturated heterocycles. The van der Waals surface area contributed by atoms with Crippen LogP contribution in [0.15, 0.2) is 30.3 Å². The van der Waals surface area contributed by atoms with Crippen molar-refractivity contribution >= 4 is 17.9 Å². The quantitative estimate of drug-likeness (QED) is 0.149. The lowest BCUT2D eigenvalue weighted by Gasteiger charge is -2.19. The number of hydrogen-bond acceptors (Lipinski definition) is 5. The Hall–Kier alpha value is -3.74. The van der Waals surface area contributed by atoms with E-state index in [4.69, 9.17) is 16.2 Å². The van der Waals surface area contributed by atoms with E-state index in [1.54, 1.807) is 24.3 Å². The Morgan fingerprint density at radius 3 is 2.06 bits per heavy atom. The molecule has 0 saturated carbocycles. The van der Waals surface area contributed by atoms with Crippen molar-refractivity contribution in [3.63, 3.8) is 0 Å². The van der Waals surface area contributed by atoms with Crippen LogP contribution in [0.1, 0.15) is 30.4 Å². The maximum Gasteiger partial charge on any atom is 0.407 e. The van der Waals surface area contributed by atoms with Gasteiger partial charge in [-0.1, -0.05) is 30.3 Å². The summed E-state index contributed by atoms with van der Waals surface area (Å²) in [4.78, 5) is 35.6. The van der Waals surface area contributed by atoms with Crippen LogP contribution in [0.4, 0.5) is 26.7 Å². The van der Waals surface area contributed by atoms with Crippen LogP contribution in [0.5, 0.6) is 0 Å². The molecule has 0 aliphatic carbocycles. The number of nitrogens with one attached hydrogen (secondary N) is 2. The third kappa shape index (κ3) is 7.90. The number of primary amides is 1. The minimum absolute atomic E-state index is 0.0388. The van der Waals surface area contributed by atoms with E-state index in [9.17, 15) is 36.3 Å². The maximum atomic E-state index is 13.8. The van der Waals surface area contributed by atoms with Gasteiger partial charge in [0.15, 0.2) is 23.3 Å². The molecule has 0 radical (unpaired) electrons. The second-order valence-corrected chi connectivity index (χ2v) is 7.81. The summed E-state index contributed by atoms with van der Waals surface area (Å²) in [6, 6.07) is 6.06. The largest absolute Gasteiger partial charge is 0.445 e. The number of carbonyl (C=O) groups is 3. The van der Waals surface area contributed by atoms with Crippen molar-refractivity contribution in [3.8, 4) is 0 Å². The Morgan fingerprint density at radius 1 is 0.889 bits per heavy atom. The highest BCUT2D eigenvalue weighted by atomic mass is 19.2. The Labute approximate surface area is 203 Å². The van der Waals surface area contributed by atoms with Gasteiger partial charge < -0.3 is 26.8 Å². The van der Waals surface area contributed by atoms with Crippen LogP contribution < -0.4 is 22.1 Å². The molecule has 0 aliphatic rings. The van der Waals surface area contributed by atoms with E-state index in [2.05, 4.69) is 10.6 Å². The van der Waals surface area contributed by atoms with Gasteiger partial charge in [0.05, 0.1) is 6.04 Å². The molecule has 6 N–H and O–H groups in total. The van der Waals surface area contributed by atoms with E-state index in [-0.39, 0.29) is 19.6 Å². The van der Waals surface area contributed by atoms with Crippen molar-refractivity contribution in [2.75, 3.05) is 6.54 Å². The highest BCUT2D eigenvalue weighted by molar-refractivity contribution is 5.89. The van der Waals surface area contributed by atoms with Gasteiger partial charge in [0.1, 0.15) is 12.6 Å². The standard InChI is InChI=1S/C23H25F5N4O4/c24-16-13(17(25)19(27)20(28)18(16)26)10-14(29)22(34)32-15(21(30)33)8-4-5-9-31-23(35)36-11-12-6-2-1-3-7-12/h1-3,6-7,14-15H,4-5,8-11,29H2,(H2,30,33)(H,31,35)(H,32,34)/t14-,15-/m0/s1. The number of nitrogens with two attached hydrogens (primary N) is 2. The zero-order chi connectivity index (χ0) is 26.8. The van der Waals surface area contributed by atoms with Crippen LogP contribution in [0.25, 0.3) is 0 Å². The summed E-state index contributed by atoms with van der Waals surface area (Å²) in [5, 5.41) is 4.72. The fourth-order valence-corrected chi connectivity index (χ4v) is 3.14. The van der Waals surface area contributed by atoms with Gasteiger partial charge in [0.25, 0.3) is 0 Å². The fourth-order valence-electron chi connectivity index (χ4n) is 3.14. The molecule has 0 fully saturated rings. The fraction of sp³-hybridized carbons (Fsp3) is 0.348. The second kappa shape index (κ2) is 13.4. The molecule has 2 rings (SSSR count). The van der Waals surface area contributed by atoms with Crippen molar-refractivity contribution in [2.45, 2.75) is 44.4 Å². The van der Waals surface area contributed by atoms with Gasteiger partial charge in [0, 0.05) is 18.5 Å². The number of carbonyl (C=O) groups excluding carboxylic acids is 3. The minimum Gasteiger partial charge on any atom is -0.445 e. The van der Waals surface area contributed by atoms with Crippen molar-refractivity contribution in [1.82, 2.24) is 10.6 Å². The van der Waals surface area contributed by atoms with Crippen LogP contribution >= 0.6 is 0 Å². The topological polar surface area (TPSA) is 137 Å². The minimum atomic E-state index is -2.33. The van der Waals surface area contributed by atoms with Gasteiger partial charge in [-0.2, -0.15) is 0 Å². The lowest BCUT2D eigenvalue weighted by atomic mass is 10.0. The first-order valence-electron chi connectivity index (χ1n) is 10.8. The third-order valence-electron chi connectivity index (χ3n) is 5.12.